The fraction of sp³-hybridized carbons (Fsp3) is 0.238. The van der Waals surface area contributed by atoms with Crippen LogP contribution in [0, 0.1) is 0 Å². The van der Waals surface area contributed by atoms with Crippen molar-refractivity contribution in [1.29, 1.82) is 0 Å². The molecule has 1 fully saturated rings. The van der Waals surface area contributed by atoms with Gasteiger partial charge in [0, 0.05) is 30.2 Å². The first-order chi connectivity index (χ1) is 14.3. The van der Waals surface area contributed by atoms with Crippen LogP contribution in [0.3, 0.4) is 0 Å². The summed E-state index contributed by atoms with van der Waals surface area (Å²) in [4.78, 5) is 17.7. The van der Waals surface area contributed by atoms with Crippen LogP contribution >= 0.6 is 22.9 Å². The average molecular weight is 462 g/mol. The Kier molecular flexibility index (Phi) is 5.67. The number of hydrogen-bond acceptors (Lipinski definition) is 4. The summed E-state index contributed by atoms with van der Waals surface area (Å²) >= 11 is 7.45. The van der Waals surface area contributed by atoms with Crippen molar-refractivity contribution in [2.45, 2.75) is 30.3 Å². The Morgan fingerprint density at radius 2 is 2.00 bits per heavy atom. The average Bonchev–Trinajstić information content (AvgIpc) is 3.52. The van der Waals surface area contributed by atoms with Gasteiger partial charge in [-0.15, -0.1) is 6.58 Å². The number of hydrogen-bond donors (Lipinski definition) is 0. The number of allylic oxidation sites excluding steroid dienone is 1. The maximum Gasteiger partial charge on any atom is 0.279 e. The first-order valence-electron chi connectivity index (χ1n) is 9.38. The molecule has 0 bridgehead atoms. The van der Waals surface area contributed by atoms with E-state index in [2.05, 4.69) is 11.6 Å². The van der Waals surface area contributed by atoms with E-state index in [-0.39, 0.29) is 10.9 Å². The minimum absolute atomic E-state index is 0.0769. The summed E-state index contributed by atoms with van der Waals surface area (Å²) in [6.07, 6.45) is 3.51. The number of benzene rings is 2. The number of nitrogens with zero attached hydrogens (tertiary/aromatic N) is 3. The molecular formula is C21H20ClN3O3S2. The van der Waals surface area contributed by atoms with E-state index in [9.17, 15) is 13.2 Å². The molecule has 0 aliphatic heterocycles. The van der Waals surface area contributed by atoms with Crippen molar-refractivity contribution in [3.63, 3.8) is 0 Å². The molecule has 1 aromatic heterocycles. The van der Waals surface area contributed by atoms with Crippen molar-refractivity contribution in [2.24, 2.45) is 4.99 Å². The van der Waals surface area contributed by atoms with Gasteiger partial charge in [-0.3, -0.25) is 4.79 Å². The van der Waals surface area contributed by atoms with Gasteiger partial charge in [0.05, 0.1) is 15.1 Å². The number of thiazole rings is 1. The van der Waals surface area contributed by atoms with E-state index < -0.39 is 15.9 Å². The summed E-state index contributed by atoms with van der Waals surface area (Å²) in [6.45, 7) is 4.27. The Morgan fingerprint density at radius 3 is 2.63 bits per heavy atom. The predicted molar refractivity (Wildman–Crippen MR) is 119 cm³/mol. The SMILES string of the molecule is C=CCn1c(=NC(=O)c2ccc(S(=O)(=O)N(C)C3CC3)cc2)sc2cc(Cl)ccc21. The van der Waals surface area contributed by atoms with Crippen molar-refractivity contribution in [2.75, 3.05) is 7.05 Å². The minimum Gasteiger partial charge on any atom is -0.312 e. The molecule has 4 rings (SSSR count). The maximum absolute atomic E-state index is 12.7. The molecule has 0 saturated heterocycles. The number of amides is 1. The van der Waals surface area contributed by atoms with Crippen molar-refractivity contribution < 1.29 is 13.2 Å². The lowest BCUT2D eigenvalue weighted by molar-refractivity contribution is 0.0998. The number of carbonyl (C=O) groups excluding carboxylic acids is 1. The van der Waals surface area contributed by atoms with Gasteiger partial charge >= 0.3 is 0 Å². The molecule has 0 atom stereocenters. The highest BCUT2D eigenvalue weighted by Crippen LogP contribution is 2.30. The molecule has 0 unspecified atom stereocenters. The number of carbonyl (C=O) groups is 1. The standard InChI is InChI=1S/C21H20ClN3O3S2/c1-3-12-25-18-11-6-15(22)13-19(18)29-21(25)23-20(26)14-4-9-17(10-5-14)30(27,28)24(2)16-7-8-16/h3-6,9-11,13,16H,1,7-8,12H2,2H3. The van der Waals surface area contributed by atoms with Gasteiger partial charge in [0.15, 0.2) is 4.80 Å². The van der Waals surface area contributed by atoms with Gasteiger partial charge in [-0.05, 0) is 55.3 Å². The zero-order chi connectivity index (χ0) is 21.5. The van der Waals surface area contributed by atoms with Crippen molar-refractivity contribution in [1.82, 2.24) is 8.87 Å². The topological polar surface area (TPSA) is 71.7 Å². The molecule has 156 valence electrons. The largest absolute Gasteiger partial charge is 0.312 e. The normalized spacial score (nSPS) is 15.1. The van der Waals surface area contributed by atoms with Gasteiger partial charge in [-0.25, -0.2) is 8.42 Å². The Hall–Kier alpha value is -2.26. The molecule has 0 N–H and O–H groups in total. The zero-order valence-corrected chi connectivity index (χ0v) is 18.7. The second kappa shape index (κ2) is 8.11. The van der Waals surface area contributed by atoms with Gasteiger partial charge in [-0.1, -0.05) is 29.0 Å². The van der Waals surface area contributed by atoms with E-state index in [0.29, 0.717) is 21.9 Å². The van der Waals surface area contributed by atoms with E-state index in [1.54, 1.807) is 19.2 Å². The molecule has 0 spiro atoms. The molecule has 1 heterocycles. The molecular weight excluding hydrogens is 442 g/mol. The van der Waals surface area contributed by atoms with Crippen LogP contribution in [0.2, 0.25) is 5.02 Å². The third kappa shape index (κ3) is 4.00. The summed E-state index contributed by atoms with van der Waals surface area (Å²) < 4.78 is 29.5. The van der Waals surface area contributed by atoms with Crippen molar-refractivity contribution in [3.8, 4) is 0 Å². The highest BCUT2D eigenvalue weighted by atomic mass is 35.5. The molecule has 1 aliphatic carbocycles. The third-order valence-corrected chi connectivity index (χ3v) is 8.19. The molecule has 6 nitrogen and oxygen atoms in total. The second-order valence-corrected chi connectivity index (χ2v) is 10.5. The number of aromatic nitrogens is 1. The third-order valence-electron chi connectivity index (χ3n) is 4.99. The minimum atomic E-state index is -3.55. The summed E-state index contributed by atoms with van der Waals surface area (Å²) in [5, 5.41) is 0.611. The van der Waals surface area contributed by atoms with Crippen LogP contribution in [0.25, 0.3) is 10.2 Å². The zero-order valence-electron chi connectivity index (χ0n) is 16.3. The number of halogens is 1. The summed E-state index contributed by atoms with van der Waals surface area (Å²) in [5.41, 5.74) is 1.24. The van der Waals surface area contributed by atoms with E-state index in [4.69, 9.17) is 11.6 Å². The monoisotopic (exact) mass is 461 g/mol. The Balaban J connectivity index is 1.67. The van der Waals surface area contributed by atoms with E-state index in [1.807, 2.05) is 16.7 Å². The van der Waals surface area contributed by atoms with Gasteiger partial charge in [-0.2, -0.15) is 9.30 Å². The number of sulfonamides is 1. The molecule has 3 aromatic rings. The molecule has 30 heavy (non-hydrogen) atoms. The highest BCUT2D eigenvalue weighted by Gasteiger charge is 2.35. The second-order valence-electron chi connectivity index (χ2n) is 7.09. The van der Waals surface area contributed by atoms with Crippen LogP contribution in [-0.2, 0) is 16.6 Å². The fourth-order valence-electron chi connectivity index (χ4n) is 3.16. The summed E-state index contributed by atoms with van der Waals surface area (Å²) in [6, 6.07) is 11.5. The van der Waals surface area contributed by atoms with E-state index in [1.165, 1.54) is 39.9 Å². The molecule has 0 radical (unpaired) electrons. The highest BCUT2D eigenvalue weighted by molar-refractivity contribution is 7.89. The summed E-state index contributed by atoms with van der Waals surface area (Å²) in [5.74, 6) is -0.440. The molecule has 1 aliphatic rings. The van der Waals surface area contributed by atoms with E-state index >= 15 is 0 Å². The van der Waals surface area contributed by atoms with Gasteiger partial charge in [0.25, 0.3) is 5.91 Å². The van der Waals surface area contributed by atoms with Crippen LogP contribution in [0.5, 0.6) is 0 Å². The fourth-order valence-corrected chi connectivity index (χ4v) is 5.89. The van der Waals surface area contributed by atoms with Crippen LogP contribution < -0.4 is 4.80 Å². The first kappa shape index (κ1) is 21.0. The van der Waals surface area contributed by atoms with Crippen molar-refractivity contribution >= 4 is 49.1 Å². The maximum atomic E-state index is 12.7. The first-order valence-corrected chi connectivity index (χ1v) is 12.0. The van der Waals surface area contributed by atoms with Crippen LogP contribution in [-0.4, -0.2) is 36.3 Å². The Bertz CT molecular complexity index is 1300. The Labute approximate surface area is 183 Å². The number of fused-ring (bicyclic) bond motifs is 1. The molecule has 1 amide bonds. The molecule has 1 saturated carbocycles. The quantitative estimate of drug-likeness (QED) is 0.519. The lowest BCUT2D eigenvalue weighted by Crippen LogP contribution is -2.28. The van der Waals surface area contributed by atoms with Gasteiger partial charge in [0.2, 0.25) is 10.0 Å². The van der Waals surface area contributed by atoms with Crippen molar-refractivity contribution in [3.05, 3.63) is 70.5 Å². The van der Waals surface area contributed by atoms with Gasteiger partial charge in [0.1, 0.15) is 0 Å². The predicted octanol–water partition coefficient (Wildman–Crippen LogP) is 4.07. The Morgan fingerprint density at radius 1 is 1.30 bits per heavy atom. The van der Waals surface area contributed by atoms with Crippen LogP contribution in [0.4, 0.5) is 0 Å². The number of rotatable bonds is 6. The molecule has 2 aromatic carbocycles. The van der Waals surface area contributed by atoms with Crippen LogP contribution in [0.15, 0.2) is 65.0 Å². The van der Waals surface area contributed by atoms with Gasteiger partial charge < -0.3 is 4.57 Å². The van der Waals surface area contributed by atoms with Crippen LogP contribution in [0.1, 0.15) is 23.2 Å². The smallest absolute Gasteiger partial charge is 0.279 e. The molecule has 9 heteroatoms. The lowest BCUT2D eigenvalue weighted by Gasteiger charge is -2.16. The summed E-state index contributed by atoms with van der Waals surface area (Å²) in [7, 11) is -1.96. The van der Waals surface area contributed by atoms with E-state index in [0.717, 1.165) is 23.1 Å². The lowest BCUT2D eigenvalue weighted by atomic mass is 10.2.